The Morgan fingerprint density at radius 3 is 2.50 bits per heavy atom. The normalized spacial score (nSPS) is 11.1. The van der Waals surface area contributed by atoms with Gasteiger partial charge in [0.05, 0.1) is 17.9 Å². The van der Waals surface area contributed by atoms with Gasteiger partial charge in [0.2, 0.25) is 0 Å². The van der Waals surface area contributed by atoms with E-state index in [4.69, 9.17) is 4.74 Å². The molecular weight excluding hydrogens is 228 g/mol. The molecule has 0 aliphatic rings. The van der Waals surface area contributed by atoms with Gasteiger partial charge in [-0.05, 0) is 18.8 Å². The summed E-state index contributed by atoms with van der Waals surface area (Å²) in [6.07, 6.45) is 2.42. The molecule has 0 saturated heterocycles. The summed E-state index contributed by atoms with van der Waals surface area (Å²) < 4.78 is 5.02. The molecular formula is C14H22N2O2. The lowest BCUT2D eigenvalue weighted by atomic mass is 10.0. The van der Waals surface area contributed by atoms with Crippen molar-refractivity contribution in [3.05, 3.63) is 23.3 Å². The zero-order chi connectivity index (χ0) is 13.7. The molecule has 0 atom stereocenters. The zero-order valence-corrected chi connectivity index (χ0v) is 11.9. The molecule has 0 fully saturated rings. The summed E-state index contributed by atoms with van der Waals surface area (Å²) in [6.45, 7) is 10.4. The van der Waals surface area contributed by atoms with Crippen LogP contribution in [0.25, 0.3) is 0 Å². The van der Waals surface area contributed by atoms with Crippen LogP contribution in [0, 0.1) is 5.92 Å². The molecule has 1 heterocycles. The minimum Gasteiger partial charge on any atom is -0.462 e. The van der Waals surface area contributed by atoms with Crippen LogP contribution in [0.2, 0.25) is 0 Å². The van der Waals surface area contributed by atoms with Crippen molar-refractivity contribution in [1.82, 2.24) is 9.97 Å². The fraction of sp³-hybridized carbons (Fsp3) is 0.643. The molecule has 1 rings (SSSR count). The second-order valence-electron chi connectivity index (χ2n) is 5.06. The molecule has 0 saturated carbocycles. The third-order valence-electron chi connectivity index (χ3n) is 2.50. The van der Waals surface area contributed by atoms with E-state index in [0.717, 1.165) is 17.9 Å². The summed E-state index contributed by atoms with van der Waals surface area (Å²) in [6, 6.07) is 0. The molecule has 0 aliphatic heterocycles. The molecule has 0 bridgehead atoms. The van der Waals surface area contributed by atoms with E-state index in [1.165, 1.54) is 0 Å². The number of aromatic nitrogens is 2. The van der Waals surface area contributed by atoms with E-state index < -0.39 is 0 Å². The van der Waals surface area contributed by atoms with Gasteiger partial charge in [-0.2, -0.15) is 0 Å². The number of hydrogen-bond donors (Lipinski definition) is 0. The van der Waals surface area contributed by atoms with Crippen LogP contribution in [0.1, 0.15) is 62.4 Å². The lowest BCUT2D eigenvalue weighted by molar-refractivity contribution is 0.0523. The van der Waals surface area contributed by atoms with Crippen LogP contribution in [-0.2, 0) is 11.2 Å². The number of hydrogen-bond acceptors (Lipinski definition) is 4. The number of nitrogens with zero attached hydrogens (tertiary/aromatic N) is 2. The van der Waals surface area contributed by atoms with E-state index in [2.05, 4.69) is 23.8 Å². The lowest BCUT2D eigenvalue weighted by Crippen LogP contribution is -2.14. The summed E-state index contributed by atoms with van der Waals surface area (Å²) >= 11 is 0. The number of rotatable bonds is 5. The fourth-order valence-electron chi connectivity index (χ4n) is 1.70. The van der Waals surface area contributed by atoms with Crippen LogP contribution in [-0.4, -0.2) is 22.5 Å². The highest BCUT2D eigenvalue weighted by atomic mass is 16.5. The largest absolute Gasteiger partial charge is 0.462 e. The van der Waals surface area contributed by atoms with E-state index in [1.807, 2.05) is 13.8 Å². The van der Waals surface area contributed by atoms with Crippen molar-refractivity contribution < 1.29 is 9.53 Å². The monoisotopic (exact) mass is 250 g/mol. The van der Waals surface area contributed by atoms with E-state index >= 15 is 0 Å². The summed E-state index contributed by atoms with van der Waals surface area (Å²) in [5.41, 5.74) is 1.26. The maximum atomic E-state index is 11.8. The Labute approximate surface area is 109 Å². The highest BCUT2D eigenvalue weighted by molar-refractivity contribution is 5.90. The molecule has 0 aromatic carbocycles. The van der Waals surface area contributed by atoms with Gasteiger partial charge in [0.15, 0.2) is 0 Å². The SMILES string of the molecule is CCOC(=O)c1cnc(CC(C)C)nc1C(C)C. The highest BCUT2D eigenvalue weighted by Crippen LogP contribution is 2.18. The number of ether oxygens (including phenoxy) is 1. The average Bonchev–Trinajstić information content (AvgIpc) is 2.28. The molecule has 0 N–H and O–H groups in total. The van der Waals surface area contributed by atoms with Crippen LogP contribution >= 0.6 is 0 Å². The van der Waals surface area contributed by atoms with E-state index in [9.17, 15) is 4.79 Å². The highest BCUT2D eigenvalue weighted by Gasteiger charge is 2.18. The van der Waals surface area contributed by atoms with Crippen LogP contribution in [0.3, 0.4) is 0 Å². The molecule has 0 amide bonds. The minimum absolute atomic E-state index is 0.179. The van der Waals surface area contributed by atoms with Crippen LogP contribution < -0.4 is 0 Å². The Morgan fingerprint density at radius 2 is 2.00 bits per heavy atom. The quantitative estimate of drug-likeness (QED) is 0.754. The summed E-state index contributed by atoms with van der Waals surface area (Å²) in [7, 11) is 0. The Morgan fingerprint density at radius 1 is 1.33 bits per heavy atom. The van der Waals surface area contributed by atoms with Crippen LogP contribution in [0.15, 0.2) is 6.20 Å². The van der Waals surface area contributed by atoms with Gasteiger partial charge in [-0.15, -0.1) is 0 Å². The molecule has 100 valence electrons. The average molecular weight is 250 g/mol. The zero-order valence-electron chi connectivity index (χ0n) is 11.9. The maximum absolute atomic E-state index is 11.8. The van der Waals surface area contributed by atoms with Gasteiger partial charge < -0.3 is 4.74 Å². The van der Waals surface area contributed by atoms with Gasteiger partial charge in [0.25, 0.3) is 0 Å². The Hall–Kier alpha value is -1.45. The van der Waals surface area contributed by atoms with Crippen molar-refractivity contribution in [3.8, 4) is 0 Å². The number of carbonyl (C=O) groups is 1. The molecule has 0 aliphatic carbocycles. The number of esters is 1. The Bertz CT molecular complexity index is 414. The first kappa shape index (κ1) is 14.6. The first-order valence-electron chi connectivity index (χ1n) is 6.48. The predicted octanol–water partition coefficient (Wildman–Crippen LogP) is 2.98. The van der Waals surface area contributed by atoms with Gasteiger partial charge in [0.1, 0.15) is 5.82 Å². The Balaban J connectivity index is 3.08. The van der Waals surface area contributed by atoms with E-state index in [0.29, 0.717) is 18.1 Å². The molecule has 0 radical (unpaired) electrons. The molecule has 1 aromatic rings. The topological polar surface area (TPSA) is 52.1 Å². The number of carbonyl (C=O) groups excluding carboxylic acids is 1. The minimum atomic E-state index is -0.336. The molecule has 1 aromatic heterocycles. The van der Waals surface area contributed by atoms with Gasteiger partial charge in [-0.25, -0.2) is 14.8 Å². The van der Waals surface area contributed by atoms with Gasteiger partial charge in [-0.3, -0.25) is 0 Å². The van der Waals surface area contributed by atoms with E-state index in [1.54, 1.807) is 13.1 Å². The van der Waals surface area contributed by atoms with Crippen LogP contribution in [0.4, 0.5) is 0 Å². The van der Waals surface area contributed by atoms with Crippen molar-refractivity contribution in [2.24, 2.45) is 5.92 Å². The van der Waals surface area contributed by atoms with Crippen LogP contribution in [0.5, 0.6) is 0 Å². The second kappa shape index (κ2) is 6.47. The van der Waals surface area contributed by atoms with Crippen molar-refractivity contribution in [1.29, 1.82) is 0 Å². The Kier molecular flexibility index (Phi) is 5.25. The van der Waals surface area contributed by atoms with Gasteiger partial charge >= 0.3 is 5.97 Å². The van der Waals surface area contributed by atoms with Crippen molar-refractivity contribution in [3.63, 3.8) is 0 Å². The first-order chi connectivity index (χ1) is 8.45. The molecule has 0 unspecified atom stereocenters. The predicted molar refractivity (Wildman–Crippen MR) is 70.6 cm³/mol. The summed E-state index contributed by atoms with van der Waals surface area (Å²) in [5, 5.41) is 0. The standard InChI is InChI=1S/C14H22N2O2/c1-6-18-14(17)11-8-15-12(7-9(2)3)16-13(11)10(4)5/h8-10H,6-7H2,1-5H3. The third-order valence-corrected chi connectivity index (χ3v) is 2.50. The molecule has 4 nitrogen and oxygen atoms in total. The van der Waals surface area contributed by atoms with E-state index in [-0.39, 0.29) is 11.9 Å². The van der Waals surface area contributed by atoms with Gasteiger partial charge in [-0.1, -0.05) is 27.7 Å². The smallest absolute Gasteiger partial charge is 0.341 e. The van der Waals surface area contributed by atoms with Crippen molar-refractivity contribution >= 4 is 5.97 Å². The molecule has 18 heavy (non-hydrogen) atoms. The summed E-state index contributed by atoms with van der Waals surface area (Å²) in [4.78, 5) is 20.6. The lowest BCUT2D eigenvalue weighted by Gasteiger charge is -2.12. The molecule has 4 heteroatoms. The second-order valence-corrected chi connectivity index (χ2v) is 5.06. The summed E-state index contributed by atoms with van der Waals surface area (Å²) in [5.74, 6) is 1.14. The van der Waals surface area contributed by atoms with Crippen molar-refractivity contribution in [2.75, 3.05) is 6.61 Å². The molecule has 0 spiro atoms. The van der Waals surface area contributed by atoms with Gasteiger partial charge in [0, 0.05) is 12.6 Å². The van der Waals surface area contributed by atoms with Crippen molar-refractivity contribution in [2.45, 2.75) is 47.0 Å². The first-order valence-corrected chi connectivity index (χ1v) is 6.48. The fourth-order valence-corrected chi connectivity index (χ4v) is 1.70. The third kappa shape index (κ3) is 3.79. The maximum Gasteiger partial charge on any atom is 0.341 e.